The average Bonchev–Trinajstić information content (AvgIpc) is 2.92. The zero-order valence-corrected chi connectivity index (χ0v) is 11.7. The Hall–Kier alpha value is -1.81. The third-order valence-corrected chi connectivity index (χ3v) is 3.30. The van der Waals surface area contributed by atoms with Crippen molar-refractivity contribution in [2.75, 3.05) is 11.4 Å². The molecule has 1 heterocycles. The van der Waals surface area contributed by atoms with E-state index in [-0.39, 0.29) is 0 Å². The molecule has 102 valence electrons. The van der Waals surface area contributed by atoms with Gasteiger partial charge in [0.05, 0.1) is 6.20 Å². The van der Waals surface area contributed by atoms with Crippen LogP contribution >= 0.6 is 0 Å². The molecule has 0 atom stereocenters. The molecule has 0 radical (unpaired) electrons. The number of nitrogens with zero attached hydrogens (tertiary/aromatic N) is 3. The molecule has 0 aliphatic rings. The zero-order valence-electron chi connectivity index (χ0n) is 11.7. The highest BCUT2D eigenvalue weighted by Gasteiger charge is 2.06. The first-order chi connectivity index (χ1) is 9.26. The maximum absolute atomic E-state index is 5.63. The summed E-state index contributed by atoms with van der Waals surface area (Å²) in [6.45, 7) is 7.63. The van der Waals surface area contributed by atoms with Gasteiger partial charge >= 0.3 is 0 Å². The number of hydrogen-bond acceptors (Lipinski definition) is 3. The summed E-state index contributed by atoms with van der Waals surface area (Å²) in [6.07, 6.45) is 4.05. The molecule has 0 aliphatic carbocycles. The fourth-order valence-corrected chi connectivity index (χ4v) is 2.11. The van der Waals surface area contributed by atoms with E-state index >= 15 is 0 Å². The first-order valence-corrected chi connectivity index (χ1v) is 6.82. The topological polar surface area (TPSA) is 47.1 Å². The van der Waals surface area contributed by atoms with Crippen molar-refractivity contribution in [1.82, 2.24) is 9.78 Å². The first-order valence-electron chi connectivity index (χ1n) is 6.82. The molecule has 19 heavy (non-hydrogen) atoms. The summed E-state index contributed by atoms with van der Waals surface area (Å²) in [5.41, 5.74) is 9.26. The summed E-state index contributed by atoms with van der Waals surface area (Å²) < 4.78 is 1.96. The van der Waals surface area contributed by atoms with Gasteiger partial charge in [0, 0.05) is 43.6 Å². The second kappa shape index (κ2) is 6.38. The summed E-state index contributed by atoms with van der Waals surface area (Å²) in [4.78, 5) is 2.33. The van der Waals surface area contributed by atoms with Crippen molar-refractivity contribution in [3.05, 3.63) is 47.8 Å². The van der Waals surface area contributed by atoms with Crippen LogP contribution in [-0.4, -0.2) is 16.3 Å². The van der Waals surface area contributed by atoms with Gasteiger partial charge in [-0.25, -0.2) is 0 Å². The summed E-state index contributed by atoms with van der Waals surface area (Å²) in [7, 11) is 0. The number of benzene rings is 1. The van der Waals surface area contributed by atoms with Gasteiger partial charge in [0.2, 0.25) is 0 Å². The molecule has 0 unspecified atom stereocenters. The number of rotatable bonds is 6. The van der Waals surface area contributed by atoms with Gasteiger partial charge in [0.1, 0.15) is 0 Å². The standard InChI is InChI=1S/C15H22N4/c1-3-18(11-14-10-17-19(4-2)12-14)15-7-5-13(9-16)6-8-15/h5-8,10,12H,3-4,9,11,16H2,1-2H3. The highest BCUT2D eigenvalue weighted by atomic mass is 15.3. The minimum Gasteiger partial charge on any atom is -0.367 e. The molecule has 0 spiro atoms. The molecule has 0 saturated carbocycles. The fraction of sp³-hybridized carbons (Fsp3) is 0.400. The Bertz CT molecular complexity index is 501. The molecule has 2 aromatic rings. The molecule has 1 aromatic carbocycles. The van der Waals surface area contributed by atoms with Crippen LogP contribution in [0.4, 0.5) is 5.69 Å². The molecular weight excluding hydrogens is 236 g/mol. The SMILES string of the molecule is CCN(Cc1cnn(CC)c1)c1ccc(CN)cc1. The van der Waals surface area contributed by atoms with Crippen molar-refractivity contribution in [1.29, 1.82) is 0 Å². The second-order valence-corrected chi connectivity index (χ2v) is 4.59. The molecule has 0 bridgehead atoms. The van der Waals surface area contributed by atoms with E-state index in [0.29, 0.717) is 6.54 Å². The van der Waals surface area contributed by atoms with Crippen LogP contribution in [0.25, 0.3) is 0 Å². The van der Waals surface area contributed by atoms with Crippen molar-refractivity contribution in [3.63, 3.8) is 0 Å². The van der Waals surface area contributed by atoms with Crippen molar-refractivity contribution in [3.8, 4) is 0 Å². The van der Waals surface area contributed by atoms with Crippen LogP contribution in [0.1, 0.15) is 25.0 Å². The third kappa shape index (κ3) is 3.35. The van der Waals surface area contributed by atoms with Crippen LogP contribution < -0.4 is 10.6 Å². The number of aryl methyl sites for hydroxylation is 1. The molecule has 0 saturated heterocycles. The summed E-state index contributed by atoms with van der Waals surface area (Å²) >= 11 is 0. The summed E-state index contributed by atoms with van der Waals surface area (Å²) in [6, 6.07) is 8.45. The van der Waals surface area contributed by atoms with Gasteiger partial charge in [-0.15, -0.1) is 0 Å². The Kier molecular flexibility index (Phi) is 4.58. The minimum absolute atomic E-state index is 0.593. The molecule has 4 heteroatoms. The molecule has 0 amide bonds. The fourth-order valence-electron chi connectivity index (χ4n) is 2.11. The van der Waals surface area contributed by atoms with Crippen LogP contribution in [0.5, 0.6) is 0 Å². The van der Waals surface area contributed by atoms with E-state index < -0.39 is 0 Å². The normalized spacial score (nSPS) is 10.7. The van der Waals surface area contributed by atoms with E-state index in [1.807, 2.05) is 10.9 Å². The molecule has 1 aromatic heterocycles. The van der Waals surface area contributed by atoms with Gasteiger partial charge in [0.15, 0.2) is 0 Å². The van der Waals surface area contributed by atoms with E-state index in [1.54, 1.807) is 0 Å². The monoisotopic (exact) mass is 258 g/mol. The lowest BCUT2D eigenvalue weighted by Gasteiger charge is -2.22. The Morgan fingerprint density at radius 1 is 1.16 bits per heavy atom. The molecular formula is C15H22N4. The number of hydrogen-bond donors (Lipinski definition) is 1. The Labute approximate surface area is 114 Å². The van der Waals surface area contributed by atoms with Gasteiger partial charge in [-0.05, 0) is 31.5 Å². The van der Waals surface area contributed by atoms with Crippen molar-refractivity contribution < 1.29 is 0 Å². The van der Waals surface area contributed by atoms with Crippen molar-refractivity contribution in [2.45, 2.75) is 33.5 Å². The maximum atomic E-state index is 5.63. The van der Waals surface area contributed by atoms with Crippen molar-refractivity contribution in [2.24, 2.45) is 5.73 Å². The predicted molar refractivity (Wildman–Crippen MR) is 79.0 cm³/mol. The molecule has 4 nitrogen and oxygen atoms in total. The number of nitrogens with two attached hydrogens (primary N) is 1. The Balaban J connectivity index is 2.10. The van der Waals surface area contributed by atoms with Gasteiger partial charge in [-0.3, -0.25) is 4.68 Å². The average molecular weight is 258 g/mol. The highest BCUT2D eigenvalue weighted by molar-refractivity contribution is 5.47. The van der Waals surface area contributed by atoms with Crippen molar-refractivity contribution >= 4 is 5.69 Å². The van der Waals surface area contributed by atoms with Crippen LogP contribution in [0.2, 0.25) is 0 Å². The van der Waals surface area contributed by atoms with Gasteiger partial charge < -0.3 is 10.6 Å². The predicted octanol–water partition coefficient (Wildman–Crippen LogP) is 2.39. The lowest BCUT2D eigenvalue weighted by atomic mass is 10.2. The quantitative estimate of drug-likeness (QED) is 0.865. The minimum atomic E-state index is 0.593. The van der Waals surface area contributed by atoms with Crippen LogP contribution in [0.15, 0.2) is 36.7 Å². The van der Waals surface area contributed by atoms with Gasteiger partial charge in [0.25, 0.3) is 0 Å². The van der Waals surface area contributed by atoms with E-state index in [1.165, 1.54) is 16.8 Å². The molecule has 0 fully saturated rings. The lowest BCUT2D eigenvalue weighted by molar-refractivity contribution is 0.659. The number of aromatic nitrogens is 2. The van der Waals surface area contributed by atoms with Gasteiger partial charge in [-0.2, -0.15) is 5.10 Å². The number of anilines is 1. The van der Waals surface area contributed by atoms with E-state index in [9.17, 15) is 0 Å². The lowest BCUT2D eigenvalue weighted by Crippen LogP contribution is -2.21. The van der Waals surface area contributed by atoms with E-state index in [2.05, 4.69) is 54.3 Å². The summed E-state index contributed by atoms with van der Waals surface area (Å²) in [5.74, 6) is 0. The molecule has 2 N–H and O–H groups in total. The Morgan fingerprint density at radius 3 is 2.42 bits per heavy atom. The van der Waals surface area contributed by atoms with Gasteiger partial charge in [-0.1, -0.05) is 12.1 Å². The molecule has 0 aliphatic heterocycles. The first kappa shape index (κ1) is 13.6. The second-order valence-electron chi connectivity index (χ2n) is 4.59. The molecule has 2 rings (SSSR count). The summed E-state index contributed by atoms with van der Waals surface area (Å²) in [5, 5.41) is 4.32. The van der Waals surface area contributed by atoms with Crippen LogP contribution in [0, 0.1) is 0 Å². The largest absolute Gasteiger partial charge is 0.367 e. The van der Waals surface area contributed by atoms with Crippen LogP contribution in [-0.2, 0) is 19.6 Å². The Morgan fingerprint density at radius 2 is 1.89 bits per heavy atom. The third-order valence-electron chi connectivity index (χ3n) is 3.30. The highest BCUT2D eigenvalue weighted by Crippen LogP contribution is 2.17. The van der Waals surface area contributed by atoms with E-state index in [4.69, 9.17) is 5.73 Å². The van der Waals surface area contributed by atoms with E-state index in [0.717, 1.165) is 19.6 Å². The van der Waals surface area contributed by atoms with Crippen LogP contribution in [0.3, 0.4) is 0 Å². The zero-order chi connectivity index (χ0) is 13.7. The maximum Gasteiger partial charge on any atom is 0.0539 e. The smallest absolute Gasteiger partial charge is 0.0539 e.